The average molecular weight is 334 g/mol. The van der Waals surface area contributed by atoms with Crippen molar-refractivity contribution in [2.24, 2.45) is 0 Å². The zero-order valence-corrected chi connectivity index (χ0v) is 14.0. The Labute approximate surface area is 138 Å². The van der Waals surface area contributed by atoms with E-state index in [1.54, 1.807) is 29.2 Å². The highest BCUT2D eigenvalue weighted by atomic mass is 32.2. The Balaban J connectivity index is 1.70. The van der Waals surface area contributed by atoms with Crippen molar-refractivity contribution in [2.45, 2.75) is 18.9 Å². The number of aromatic nitrogens is 1. The van der Waals surface area contributed by atoms with E-state index in [4.69, 9.17) is 0 Å². The smallest absolute Gasteiger partial charge is 0.253 e. The molecule has 3 rings (SSSR count). The van der Waals surface area contributed by atoms with Crippen molar-refractivity contribution >= 4 is 29.0 Å². The maximum Gasteiger partial charge on any atom is 0.253 e. The first-order valence-corrected chi connectivity index (χ1v) is 9.26. The maximum absolute atomic E-state index is 12.3. The summed E-state index contributed by atoms with van der Waals surface area (Å²) in [6.07, 6.45) is 0.728. The molecule has 116 valence electrons. The molecule has 1 unspecified atom stereocenters. The molecule has 3 heterocycles. The standard InChI is InChI=1S/C16H18N2O2S2/c1-11-13(2-3-14(18-11)12-4-6-21-8-12)15(19)17-9-16(20)5-7-22-10-16/h2-4,6,8,20H,5,7,9-10H2,1H3,(H,17,19). The van der Waals surface area contributed by atoms with Gasteiger partial charge in [0, 0.05) is 23.2 Å². The van der Waals surface area contributed by atoms with E-state index in [-0.39, 0.29) is 5.91 Å². The first-order chi connectivity index (χ1) is 10.6. The minimum atomic E-state index is -0.766. The topological polar surface area (TPSA) is 62.2 Å². The summed E-state index contributed by atoms with van der Waals surface area (Å²) >= 11 is 3.34. The summed E-state index contributed by atoms with van der Waals surface area (Å²) in [6.45, 7) is 2.13. The van der Waals surface area contributed by atoms with Crippen molar-refractivity contribution in [1.82, 2.24) is 10.3 Å². The first kappa shape index (κ1) is 15.5. The SMILES string of the molecule is Cc1nc(-c2ccsc2)ccc1C(=O)NCC1(O)CCSC1. The molecule has 4 nitrogen and oxygen atoms in total. The van der Waals surface area contributed by atoms with Crippen LogP contribution < -0.4 is 5.32 Å². The van der Waals surface area contributed by atoms with Crippen LogP contribution in [0.25, 0.3) is 11.3 Å². The van der Waals surface area contributed by atoms with Crippen LogP contribution in [0.3, 0.4) is 0 Å². The summed E-state index contributed by atoms with van der Waals surface area (Å²) in [4.78, 5) is 16.8. The largest absolute Gasteiger partial charge is 0.387 e. The van der Waals surface area contributed by atoms with E-state index >= 15 is 0 Å². The molecular weight excluding hydrogens is 316 g/mol. The summed E-state index contributed by atoms with van der Waals surface area (Å²) in [7, 11) is 0. The molecule has 22 heavy (non-hydrogen) atoms. The number of carbonyl (C=O) groups excluding carboxylic acids is 1. The number of hydrogen-bond acceptors (Lipinski definition) is 5. The fourth-order valence-electron chi connectivity index (χ4n) is 2.45. The quantitative estimate of drug-likeness (QED) is 0.902. The van der Waals surface area contributed by atoms with E-state index in [9.17, 15) is 9.90 Å². The molecule has 0 radical (unpaired) electrons. The van der Waals surface area contributed by atoms with Crippen LogP contribution >= 0.6 is 23.1 Å². The lowest BCUT2D eigenvalue weighted by atomic mass is 10.0. The molecule has 1 atom stereocenters. The van der Waals surface area contributed by atoms with E-state index in [0.717, 1.165) is 23.4 Å². The Bertz CT molecular complexity index is 665. The third-order valence-electron chi connectivity index (χ3n) is 3.81. The summed E-state index contributed by atoms with van der Waals surface area (Å²) in [5.74, 6) is 1.45. The van der Waals surface area contributed by atoms with Crippen LogP contribution in [0.2, 0.25) is 0 Å². The van der Waals surface area contributed by atoms with Crippen LogP contribution in [0.5, 0.6) is 0 Å². The van der Waals surface area contributed by atoms with E-state index in [0.29, 0.717) is 23.6 Å². The van der Waals surface area contributed by atoms with Gasteiger partial charge in [-0.15, -0.1) is 0 Å². The number of rotatable bonds is 4. The number of carbonyl (C=O) groups is 1. The number of aryl methyl sites for hydroxylation is 1. The minimum Gasteiger partial charge on any atom is -0.387 e. The number of thiophene rings is 1. The monoisotopic (exact) mass is 334 g/mol. The maximum atomic E-state index is 12.3. The number of nitrogens with zero attached hydrogens (tertiary/aromatic N) is 1. The van der Waals surface area contributed by atoms with Crippen molar-refractivity contribution < 1.29 is 9.90 Å². The van der Waals surface area contributed by atoms with Gasteiger partial charge in [-0.1, -0.05) is 0 Å². The highest BCUT2D eigenvalue weighted by Crippen LogP contribution is 2.27. The van der Waals surface area contributed by atoms with Crippen LogP contribution in [-0.2, 0) is 0 Å². The van der Waals surface area contributed by atoms with Gasteiger partial charge in [0.1, 0.15) is 0 Å². The number of pyridine rings is 1. The van der Waals surface area contributed by atoms with Gasteiger partial charge in [0.05, 0.1) is 22.6 Å². The van der Waals surface area contributed by atoms with Crippen molar-refractivity contribution in [1.29, 1.82) is 0 Å². The molecule has 0 spiro atoms. The molecule has 1 fully saturated rings. The fourth-order valence-corrected chi connectivity index (χ4v) is 4.39. The van der Waals surface area contributed by atoms with E-state index < -0.39 is 5.60 Å². The van der Waals surface area contributed by atoms with Crippen molar-refractivity contribution in [2.75, 3.05) is 18.1 Å². The molecule has 6 heteroatoms. The second-order valence-corrected chi connectivity index (χ2v) is 7.44. The molecule has 0 saturated carbocycles. The van der Waals surface area contributed by atoms with E-state index in [1.165, 1.54) is 0 Å². The average Bonchev–Trinajstić information content (AvgIpc) is 3.17. The molecule has 2 aromatic heterocycles. The Kier molecular flexibility index (Phi) is 4.52. The molecule has 0 aliphatic carbocycles. The van der Waals surface area contributed by atoms with Crippen LogP contribution in [0, 0.1) is 6.92 Å². The first-order valence-electron chi connectivity index (χ1n) is 7.16. The van der Waals surface area contributed by atoms with Gasteiger partial charge >= 0.3 is 0 Å². The molecular formula is C16H18N2O2S2. The molecule has 2 N–H and O–H groups in total. The number of hydrogen-bond donors (Lipinski definition) is 2. The van der Waals surface area contributed by atoms with E-state index in [2.05, 4.69) is 10.3 Å². The Morgan fingerprint density at radius 1 is 1.45 bits per heavy atom. The van der Waals surface area contributed by atoms with Crippen molar-refractivity contribution in [3.05, 3.63) is 40.2 Å². The lowest BCUT2D eigenvalue weighted by molar-refractivity contribution is 0.0612. The number of thioether (sulfide) groups is 1. The summed E-state index contributed by atoms with van der Waals surface area (Å²) < 4.78 is 0. The summed E-state index contributed by atoms with van der Waals surface area (Å²) in [5, 5.41) is 17.2. The highest BCUT2D eigenvalue weighted by molar-refractivity contribution is 7.99. The number of amides is 1. The lowest BCUT2D eigenvalue weighted by Gasteiger charge is -2.21. The zero-order chi connectivity index (χ0) is 15.6. The Morgan fingerprint density at radius 3 is 2.95 bits per heavy atom. The molecule has 0 bridgehead atoms. The van der Waals surface area contributed by atoms with Crippen LogP contribution in [-0.4, -0.2) is 39.6 Å². The lowest BCUT2D eigenvalue weighted by Crippen LogP contribution is -2.43. The molecule has 0 aromatic carbocycles. The molecule has 2 aromatic rings. The second kappa shape index (κ2) is 6.40. The van der Waals surface area contributed by atoms with Crippen LogP contribution in [0.1, 0.15) is 22.5 Å². The van der Waals surface area contributed by atoms with Crippen molar-refractivity contribution in [3.63, 3.8) is 0 Å². The highest BCUT2D eigenvalue weighted by Gasteiger charge is 2.32. The van der Waals surface area contributed by atoms with Gasteiger partial charge < -0.3 is 10.4 Å². The Morgan fingerprint density at radius 2 is 2.32 bits per heavy atom. The third kappa shape index (κ3) is 3.34. The molecule has 1 saturated heterocycles. The molecule has 1 aliphatic rings. The minimum absolute atomic E-state index is 0.174. The van der Waals surface area contributed by atoms with Gasteiger partial charge in [-0.05, 0) is 42.7 Å². The Hall–Kier alpha value is -1.37. The van der Waals surface area contributed by atoms with Crippen LogP contribution in [0.15, 0.2) is 29.0 Å². The van der Waals surface area contributed by atoms with E-state index in [1.807, 2.05) is 29.8 Å². The van der Waals surface area contributed by atoms with Gasteiger partial charge in [0.25, 0.3) is 5.91 Å². The van der Waals surface area contributed by atoms with Gasteiger partial charge in [0.15, 0.2) is 0 Å². The summed E-state index contributed by atoms with van der Waals surface area (Å²) in [5.41, 5.74) is 2.44. The molecule has 1 amide bonds. The zero-order valence-electron chi connectivity index (χ0n) is 12.3. The predicted molar refractivity (Wildman–Crippen MR) is 91.5 cm³/mol. The van der Waals surface area contributed by atoms with Crippen LogP contribution in [0.4, 0.5) is 0 Å². The van der Waals surface area contributed by atoms with Gasteiger partial charge in [0.2, 0.25) is 0 Å². The third-order valence-corrected chi connectivity index (χ3v) is 5.73. The summed E-state index contributed by atoms with van der Waals surface area (Å²) in [6, 6.07) is 5.68. The predicted octanol–water partition coefficient (Wildman–Crippen LogP) is 2.72. The number of aliphatic hydroxyl groups is 1. The van der Waals surface area contributed by atoms with Gasteiger partial charge in [-0.3, -0.25) is 9.78 Å². The second-order valence-electron chi connectivity index (χ2n) is 5.55. The fraction of sp³-hybridized carbons (Fsp3) is 0.375. The normalized spacial score (nSPS) is 21.0. The van der Waals surface area contributed by atoms with Gasteiger partial charge in [-0.2, -0.15) is 23.1 Å². The number of nitrogens with one attached hydrogen (secondary N) is 1. The van der Waals surface area contributed by atoms with Gasteiger partial charge in [-0.25, -0.2) is 0 Å². The molecule has 1 aliphatic heterocycles. The van der Waals surface area contributed by atoms with Crippen molar-refractivity contribution in [3.8, 4) is 11.3 Å².